The first-order valence-corrected chi connectivity index (χ1v) is 13.8. The van der Waals surface area contributed by atoms with Gasteiger partial charge in [0.05, 0.1) is 35.9 Å². The van der Waals surface area contributed by atoms with Crippen molar-refractivity contribution in [3.8, 4) is 28.7 Å². The number of fused-ring (bicyclic) bond motifs is 1. The lowest BCUT2D eigenvalue weighted by Crippen LogP contribution is -2.44. The Labute approximate surface area is 227 Å². The summed E-state index contributed by atoms with van der Waals surface area (Å²) in [6.45, 7) is 1.18. The van der Waals surface area contributed by atoms with Gasteiger partial charge >= 0.3 is 11.7 Å². The van der Waals surface area contributed by atoms with Gasteiger partial charge in [-0.15, -0.1) is 0 Å². The van der Waals surface area contributed by atoms with Crippen LogP contribution in [-0.4, -0.2) is 74.7 Å². The number of benzene rings is 1. The Kier molecular flexibility index (Phi) is 8.18. The normalized spacial score (nSPS) is 13.2. The third-order valence-corrected chi connectivity index (χ3v) is 8.00. The zero-order chi connectivity index (χ0) is 28.3. The lowest BCUT2D eigenvalue weighted by Gasteiger charge is -2.22. The number of aromatic nitrogens is 5. The third-order valence-electron chi connectivity index (χ3n) is 5.99. The zero-order valence-corrected chi connectivity index (χ0v) is 22.5. The smallest absolute Gasteiger partial charge is 0.340 e. The van der Waals surface area contributed by atoms with E-state index in [1.54, 1.807) is 18.2 Å². The van der Waals surface area contributed by atoms with Crippen LogP contribution in [0.3, 0.4) is 0 Å². The van der Waals surface area contributed by atoms with Crippen molar-refractivity contribution < 1.29 is 27.8 Å². The Bertz CT molecular complexity index is 1670. The van der Waals surface area contributed by atoms with Crippen LogP contribution < -0.4 is 20.9 Å². The molecule has 0 saturated heterocycles. The molecule has 1 unspecified atom stereocenters. The number of ether oxygens (including phenoxy) is 2. The SMILES string of the molecule is CCS(=O)(=O)C[C@H](COc1ccc(-n2cnc3ccc(-c4ncc(Cl)cn4)n3c2=O)cc1OC)C(N)C(=O)O. The molecule has 15 heteroatoms. The highest BCUT2D eigenvalue weighted by atomic mass is 35.5. The summed E-state index contributed by atoms with van der Waals surface area (Å²) in [5.74, 6) is -2.24. The molecule has 0 bridgehead atoms. The molecule has 206 valence electrons. The van der Waals surface area contributed by atoms with Crippen LogP contribution in [0.1, 0.15) is 6.92 Å². The van der Waals surface area contributed by atoms with Gasteiger partial charge < -0.3 is 20.3 Å². The third kappa shape index (κ3) is 6.02. The van der Waals surface area contributed by atoms with Gasteiger partial charge in [0, 0.05) is 30.1 Å². The minimum atomic E-state index is -3.52. The molecule has 0 amide bonds. The van der Waals surface area contributed by atoms with Crippen LogP contribution in [0, 0.1) is 5.92 Å². The minimum absolute atomic E-state index is 0.158. The summed E-state index contributed by atoms with van der Waals surface area (Å²) in [6, 6.07) is 6.50. The Morgan fingerprint density at radius 2 is 1.87 bits per heavy atom. The van der Waals surface area contributed by atoms with E-state index in [9.17, 15) is 23.1 Å². The molecule has 3 heterocycles. The molecule has 0 spiro atoms. The molecule has 0 saturated carbocycles. The molecule has 0 aliphatic carbocycles. The van der Waals surface area contributed by atoms with Crippen molar-refractivity contribution in [1.82, 2.24) is 23.9 Å². The zero-order valence-electron chi connectivity index (χ0n) is 20.9. The molecule has 13 nitrogen and oxygen atoms in total. The molecular formula is C24H25ClN6O7S. The lowest BCUT2D eigenvalue weighted by atomic mass is 10.0. The van der Waals surface area contributed by atoms with Crippen LogP contribution >= 0.6 is 11.6 Å². The average Bonchev–Trinajstić information content (AvgIpc) is 3.36. The standard InChI is InChI=1S/C24H25ClN6O7S/c1-3-39(35,36)12-14(21(26)23(32)33)11-38-18-6-4-16(8-19(18)37-2)30-13-29-20-7-5-17(31(20)24(30)34)22-27-9-15(25)10-28-22/h4-10,13-14,21H,3,11-12,26H2,1-2H3,(H,32,33)/t14-,21?/m0/s1. The predicted molar refractivity (Wildman–Crippen MR) is 142 cm³/mol. The van der Waals surface area contributed by atoms with Gasteiger partial charge in [-0.3, -0.25) is 9.36 Å². The monoisotopic (exact) mass is 576 g/mol. The van der Waals surface area contributed by atoms with Crippen molar-refractivity contribution >= 4 is 33.1 Å². The summed E-state index contributed by atoms with van der Waals surface area (Å²) < 4.78 is 38.1. The highest BCUT2D eigenvalue weighted by molar-refractivity contribution is 7.91. The molecule has 4 aromatic rings. The maximum absolute atomic E-state index is 13.5. The second-order valence-electron chi connectivity index (χ2n) is 8.50. The summed E-state index contributed by atoms with van der Waals surface area (Å²) in [6.07, 6.45) is 4.21. The van der Waals surface area contributed by atoms with Crippen LogP contribution in [0.15, 0.2) is 53.8 Å². The fourth-order valence-electron chi connectivity index (χ4n) is 3.82. The van der Waals surface area contributed by atoms with Gasteiger partial charge in [-0.1, -0.05) is 18.5 Å². The number of rotatable bonds is 11. The minimum Gasteiger partial charge on any atom is -0.493 e. The first-order valence-electron chi connectivity index (χ1n) is 11.6. The van der Waals surface area contributed by atoms with E-state index >= 15 is 0 Å². The van der Waals surface area contributed by atoms with Crippen LogP contribution in [0.25, 0.3) is 22.9 Å². The van der Waals surface area contributed by atoms with Gasteiger partial charge in [0.25, 0.3) is 0 Å². The summed E-state index contributed by atoms with van der Waals surface area (Å²) >= 11 is 5.88. The summed E-state index contributed by atoms with van der Waals surface area (Å²) in [5.41, 5.74) is 6.48. The fraction of sp³-hybridized carbons (Fsp3) is 0.292. The molecule has 1 aromatic carbocycles. The number of halogens is 1. The first kappa shape index (κ1) is 28.0. The molecule has 0 aliphatic heterocycles. The molecule has 2 atom stereocenters. The number of nitrogens with zero attached hydrogens (tertiary/aromatic N) is 5. The molecular weight excluding hydrogens is 552 g/mol. The highest BCUT2D eigenvalue weighted by Gasteiger charge is 2.30. The molecule has 0 aliphatic rings. The Morgan fingerprint density at radius 3 is 2.51 bits per heavy atom. The van der Waals surface area contributed by atoms with Gasteiger partial charge in [0.1, 0.15) is 18.0 Å². The highest BCUT2D eigenvalue weighted by Crippen LogP contribution is 2.30. The lowest BCUT2D eigenvalue weighted by molar-refractivity contribution is -0.139. The van der Waals surface area contributed by atoms with Crippen molar-refractivity contribution in [3.63, 3.8) is 0 Å². The largest absolute Gasteiger partial charge is 0.493 e. The van der Waals surface area contributed by atoms with E-state index in [1.807, 2.05) is 0 Å². The second-order valence-corrected chi connectivity index (χ2v) is 11.3. The molecule has 0 fully saturated rings. The van der Waals surface area contributed by atoms with E-state index in [-0.39, 0.29) is 29.7 Å². The summed E-state index contributed by atoms with van der Waals surface area (Å²) in [4.78, 5) is 37.6. The van der Waals surface area contributed by atoms with Crippen LogP contribution in [0.2, 0.25) is 5.02 Å². The van der Waals surface area contributed by atoms with E-state index in [0.29, 0.717) is 22.1 Å². The van der Waals surface area contributed by atoms with Crippen LogP contribution in [-0.2, 0) is 14.6 Å². The number of hydrogen-bond acceptors (Lipinski definition) is 10. The van der Waals surface area contributed by atoms with Crippen molar-refractivity contribution in [2.24, 2.45) is 11.7 Å². The number of nitrogens with two attached hydrogens (primary N) is 1. The Balaban J connectivity index is 1.66. The second kappa shape index (κ2) is 11.4. The molecule has 39 heavy (non-hydrogen) atoms. The maximum atomic E-state index is 13.5. The van der Waals surface area contributed by atoms with Crippen molar-refractivity contribution in [1.29, 1.82) is 0 Å². The summed E-state index contributed by atoms with van der Waals surface area (Å²) in [7, 11) is -2.13. The van der Waals surface area contributed by atoms with E-state index in [0.717, 1.165) is 0 Å². The van der Waals surface area contributed by atoms with Crippen molar-refractivity contribution in [2.75, 3.05) is 25.2 Å². The number of methoxy groups -OCH3 is 1. The Hall–Kier alpha value is -4.01. The predicted octanol–water partition coefficient (Wildman–Crippen LogP) is 1.45. The van der Waals surface area contributed by atoms with E-state index < -0.39 is 39.2 Å². The van der Waals surface area contributed by atoms with E-state index in [1.165, 1.54) is 53.9 Å². The van der Waals surface area contributed by atoms with Gasteiger partial charge in [-0.25, -0.2) is 32.6 Å². The van der Waals surface area contributed by atoms with Gasteiger partial charge in [0.2, 0.25) is 0 Å². The van der Waals surface area contributed by atoms with E-state index in [4.69, 9.17) is 26.8 Å². The fourth-order valence-corrected chi connectivity index (χ4v) is 5.11. The number of carbonyl (C=O) groups is 1. The quantitative estimate of drug-likeness (QED) is 0.263. The summed E-state index contributed by atoms with van der Waals surface area (Å²) in [5, 5.41) is 9.67. The van der Waals surface area contributed by atoms with Gasteiger partial charge in [0.15, 0.2) is 27.2 Å². The van der Waals surface area contributed by atoms with Crippen molar-refractivity contribution in [3.05, 3.63) is 64.6 Å². The van der Waals surface area contributed by atoms with Crippen LogP contribution in [0.4, 0.5) is 0 Å². The number of carboxylic acids is 1. The Morgan fingerprint density at radius 1 is 1.15 bits per heavy atom. The number of sulfone groups is 1. The number of hydrogen-bond donors (Lipinski definition) is 2. The maximum Gasteiger partial charge on any atom is 0.340 e. The van der Waals surface area contributed by atoms with E-state index in [2.05, 4.69) is 15.0 Å². The number of carboxylic acid groups (broad SMARTS) is 1. The van der Waals surface area contributed by atoms with Gasteiger partial charge in [-0.05, 0) is 24.3 Å². The molecule has 3 N–H and O–H groups in total. The molecule has 4 rings (SSSR count). The van der Waals surface area contributed by atoms with Gasteiger partial charge in [-0.2, -0.15) is 0 Å². The van der Waals surface area contributed by atoms with Crippen LogP contribution in [0.5, 0.6) is 11.5 Å². The van der Waals surface area contributed by atoms with Crippen molar-refractivity contribution in [2.45, 2.75) is 13.0 Å². The number of aliphatic carboxylic acids is 1. The molecule has 3 aromatic heterocycles. The topological polar surface area (TPSA) is 181 Å². The average molecular weight is 577 g/mol. The first-order chi connectivity index (χ1) is 18.5. The molecule has 0 radical (unpaired) electrons.